The zero-order chi connectivity index (χ0) is 20.6. The molecule has 0 aromatic heterocycles. The summed E-state index contributed by atoms with van der Waals surface area (Å²) in [6.07, 6.45) is 0. The fourth-order valence-electron chi connectivity index (χ4n) is 2.70. The zero-order valence-corrected chi connectivity index (χ0v) is 16.3. The zero-order valence-electron chi connectivity index (χ0n) is 16.3. The van der Waals surface area contributed by atoms with Crippen molar-refractivity contribution in [2.24, 2.45) is 0 Å². The van der Waals surface area contributed by atoms with Crippen molar-refractivity contribution in [2.45, 2.75) is 6.92 Å². The molecule has 0 spiro atoms. The summed E-state index contributed by atoms with van der Waals surface area (Å²) < 4.78 is 10.7. The van der Waals surface area contributed by atoms with E-state index in [0.717, 1.165) is 5.56 Å². The summed E-state index contributed by atoms with van der Waals surface area (Å²) in [5.74, 6) is 0.676. The molecule has 148 valence electrons. The second-order valence-corrected chi connectivity index (χ2v) is 6.39. The molecular formula is C23H22N2O4. The molecule has 3 aromatic rings. The molecule has 0 bridgehead atoms. The Balaban J connectivity index is 1.55. The maximum Gasteiger partial charge on any atom is 0.262 e. The molecular weight excluding hydrogens is 368 g/mol. The first-order chi connectivity index (χ1) is 14.0. The Kier molecular flexibility index (Phi) is 6.47. The van der Waals surface area contributed by atoms with E-state index >= 15 is 0 Å². The van der Waals surface area contributed by atoms with E-state index in [2.05, 4.69) is 10.6 Å². The first-order valence-electron chi connectivity index (χ1n) is 9.09. The van der Waals surface area contributed by atoms with Crippen LogP contribution in [0.1, 0.15) is 15.9 Å². The Morgan fingerprint density at radius 3 is 2.38 bits per heavy atom. The predicted molar refractivity (Wildman–Crippen MR) is 113 cm³/mol. The molecule has 0 aliphatic heterocycles. The van der Waals surface area contributed by atoms with E-state index in [1.807, 2.05) is 37.3 Å². The summed E-state index contributed by atoms with van der Waals surface area (Å²) in [6.45, 7) is 1.86. The van der Waals surface area contributed by atoms with Crippen molar-refractivity contribution in [3.8, 4) is 11.5 Å². The number of para-hydroxylation sites is 2. The van der Waals surface area contributed by atoms with Gasteiger partial charge in [0.1, 0.15) is 11.5 Å². The van der Waals surface area contributed by atoms with Gasteiger partial charge in [-0.1, -0.05) is 24.3 Å². The first-order valence-corrected chi connectivity index (χ1v) is 9.09. The smallest absolute Gasteiger partial charge is 0.262 e. The molecule has 0 aliphatic rings. The fraction of sp³-hybridized carbons (Fsp3) is 0.130. The highest BCUT2D eigenvalue weighted by Gasteiger charge is 2.10. The van der Waals surface area contributed by atoms with E-state index < -0.39 is 0 Å². The molecule has 0 heterocycles. The molecule has 0 radical (unpaired) electrons. The van der Waals surface area contributed by atoms with Crippen LogP contribution in [0.5, 0.6) is 11.5 Å². The van der Waals surface area contributed by atoms with E-state index in [9.17, 15) is 9.59 Å². The van der Waals surface area contributed by atoms with Crippen LogP contribution >= 0.6 is 0 Å². The van der Waals surface area contributed by atoms with Crippen molar-refractivity contribution in [2.75, 3.05) is 24.4 Å². The molecule has 0 fully saturated rings. The van der Waals surface area contributed by atoms with Crippen LogP contribution in [0, 0.1) is 6.92 Å². The lowest BCUT2D eigenvalue weighted by atomic mass is 10.2. The molecule has 3 aromatic carbocycles. The Labute approximate surface area is 169 Å². The second kappa shape index (κ2) is 9.41. The van der Waals surface area contributed by atoms with Gasteiger partial charge < -0.3 is 20.1 Å². The SMILES string of the molecule is COc1ccccc1NC(=O)c1ccc(NC(=O)COc2cccc(C)c2)cc1. The van der Waals surface area contributed by atoms with Gasteiger partial charge in [-0.05, 0) is 61.0 Å². The number of aryl methyl sites for hydroxylation is 1. The normalized spacial score (nSPS) is 10.1. The molecule has 6 nitrogen and oxygen atoms in total. The topological polar surface area (TPSA) is 76.7 Å². The van der Waals surface area contributed by atoms with Crippen molar-refractivity contribution >= 4 is 23.2 Å². The predicted octanol–water partition coefficient (Wildman–Crippen LogP) is 4.27. The quantitative estimate of drug-likeness (QED) is 0.632. The van der Waals surface area contributed by atoms with Crippen LogP contribution in [0.3, 0.4) is 0 Å². The van der Waals surface area contributed by atoms with E-state index in [1.165, 1.54) is 0 Å². The van der Waals surface area contributed by atoms with Crippen molar-refractivity contribution in [1.29, 1.82) is 0 Å². The minimum Gasteiger partial charge on any atom is -0.495 e. The van der Waals surface area contributed by atoms with Gasteiger partial charge in [-0.25, -0.2) is 0 Å². The lowest BCUT2D eigenvalue weighted by molar-refractivity contribution is -0.118. The summed E-state index contributed by atoms with van der Waals surface area (Å²) in [7, 11) is 1.55. The maximum atomic E-state index is 12.4. The third-order valence-corrected chi connectivity index (χ3v) is 4.15. The molecule has 0 atom stereocenters. The lowest BCUT2D eigenvalue weighted by Gasteiger charge is -2.11. The molecule has 29 heavy (non-hydrogen) atoms. The Bertz CT molecular complexity index is 1000. The number of rotatable bonds is 7. The lowest BCUT2D eigenvalue weighted by Crippen LogP contribution is -2.20. The van der Waals surface area contributed by atoms with Gasteiger partial charge in [0.15, 0.2) is 6.61 Å². The molecule has 0 saturated heterocycles. The highest BCUT2D eigenvalue weighted by molar-refractivity contribution is 6.05. The molecule has 6 heteroatoms. The number of methoxy groups -OCH3 is 1. The fourth-order valence-corrected chi connectivity index (χ4v) is 2.70. The average molecular weight is 390 g/mol. The summed E-state index contributed by atoms with van der Waals surface area (Å²) in [4.78, 5) is 24.5. The van der Waals surface area contributed by atoms with Crippen LogP contribution < -0.4 is 20.1 Å². The van der Waals surface area contributed by atoms with Gasteiger partial charge in [0, 0.05) is 11.3 Å². The van der Waals surface area contributed by atoms with Crippen molar-refractivity contribution in [3.63, 3.8) is 0 Å². The number of carbonyl (C=O) groups excluding carboxylic acids is 2. The Hall–Kier alpha value is -3.80. The summed E-state index contributed by atoms with van der Waals surface area (Å²) in [5.41, 5.74) is 2.69. The van der Waals surface area contributed by atoms with Crippen molar-refractivity contribution < 1.29 is 19.1 Å². The van der Waals surface area contributed by atoms with Crippen LogP contribution in [-0.2, 0) is 4.79 Å². The van der Waals surface area contributed by atoms with Crippen LogP contribution in [0.4, 0.5) is 11.4 Å². The third-order valence-electron chi connectivity index (χ3n) is 4.15. The van der Waals surface area contributed by atoms with Gasteiger partial charge in [0.05, 0.1) is 12.8 Å². The molecule has 3 rings (SSSR count). The number of anilines is 2. The number of hydrogen-bond donors (Lipinski definition) is 2. The second-order valence-electron chi connectivity index (χ2n) is 6.39. The standard InChI is InChI=1S/C23H22N2O4/c1-16-6-5-7-19(14-16)29-15-22(26)24-18-12-10-17(11-13-18)23(27)25-20-8-3-4-9-21(20)28-2/h3-14H,15H2,1-2H3,(H,24,26)(H,25,27). The van der Waals surface area contributed by atoms with E-state index in [4.69, 9.17) is 9.47 Å². The molecule has 0 unspecified atom stereocenters. The molecule has 0 aliphatic carbocycles. The molecule has 2 N–H and O–H groups in total. The number of carbonyl (C=O) groups is 2. The number of benzene rings is 3. The van der Waals surface area contributed by atoms with Gasteiger partial charge in [-0.3, -0.25) is 9.59 Å². The van der Waals surface area contributed by atoms with E-state index in [-0.39, 0.29) is 18.4 Å². The Morgan fingerprint density at radius 2 is 1.66 bits per heavy atom. The number of ether oxygens (including phenoxy) is 2. The van der Waals surface area contributed by atoms with E-state index in [1.54, 1.807) is 49.6 Å². The van der Waals surface area contributed by atoms with Gasteiger partial charge in [0.25, 0.3) is 11.8 Å². The number of hydrogen-bond acceptors (Lipinski definition) is 4. The molecule has 2 amide bonds. The highest BCUT2D eigenvalue weighted by atomic mass is 16.5. The molecule has 0 saturated carbocycles. The van der Waals surface area contributed by atoms with Crippen LogP contribution in [0.2, 0.25) is 0 Å². The van der Waals surface area contributed by atoms with Gasteiger partial charge in [-0.2, -0.15) is 0 Å². The van der Waals surface area contributed by atoms with E-state index in [0.29, 0.717) is 28.4 Å². The van der Waals surface area contributed by atoms with Crippen LogP contribution in [0.15, 0.2) is 72.8 Å². The van der Waals surface area contributed by atoms with Crippen LogP contribution in [0.25, 0.3) is 0 Å². The van der Waals surface area contributed by atoms with Gasteiger partial charge in [0.2, 0.25) is 0 Å². The monoisotopic (exact) mass is 390 g/mol. The first kappa shape index (κ1) is 19.9. The summed E-state index contributed by atoms with van der Waals surface area (Å²) in [5, 5.41) is 5.55. The summed E-state index contributed by atoms with van der Waals surface area (Å²) in [6, 6.07) is 21.3. The maximum absolute atomic E-state index is 12.4. The largest absolute Gasteiger partial charge is 0.495 e. The van der Waals surface area contributed by atoms with Crippen molar-refractivity contribution in [3.05, 3.63) is 83.9 Å². The van der Waals surface area contributed by atoms with Crippen molar-refractivity contribution in [1.82, 2.24) is 0 Å². The summed E-state index contributed by atoms with van der Waals surface area (Å²) >= 11 is 0. The van der Waals surface area contributed by atoms with Gasteiger partial charge in [-0.15, -0.1) is 0 Å². The minimum atomic E-state index is -0.280. The number of amides is 2. The third kappa shape index (κ3) is 5.59. The highest BCUT2D eigenvalue weighted by Crippen LogP contribution is 2.24. The Morgan fingerprint density at radius 1 is 0.897 bits per heavy atom. The van der Waals surface area contributed by atoms with Crippen LogP contribution in [-0.4, -0.2) is 25.5 Å². The van der Waals surface area contributed by atoms with Gasteiger partial charge >= 0.3 is 0 Å². The minimum absolute atomic E-state index is 0.0977. The number of nitrogens with one attached hydrogen (secondary N) is 2. The average Bonchev–Trinajstić information content (AvgIpc) is 2.73.